The molecule has 0 fully saturated rings. The molecule has 106 valence electrons. The molecule has 0 spiro atoms. The first-order valence-electron chi connectivity index (χ1n) is 5.68. The molecule has 1 aromatic rings. The maximum absolute atomic E-state index is 11.9. The van der Waals surface area contributed by atoms with Crippen LogP contribution in [0.1, 0.15) is 12.5 Å². The van der Waals surface area contributed by atoms with Gasteiger partial charge in [0.15, 0.2) is 0 Å². The molecule has 0 aliphatic rings. The van der Waals surface area contributed by atoms with Gasteiger partial charge in [0.05, 0.1) is 11.3 Å². The van der Waals surface area contributed by atoms with Crippen LogP contribution >= 0.6 is 11.8 Å². The normalized spacial score (nSPS) is 13.2. The molecule has 0 aliphatic carbocycles. The van der Waals surface area contributed by atoms with Crippen LogP contribution in [0, 0.1) is 0 Å². The van der Waals surface area contributed by atoms with Gasteiger partial charge in [-0.25, -0.2) is 13.1 Å². The van der Waals surface area contributed by atoms with Crippen LogP contribution < -0.4 is 4.72 Å². The van der Waals surface area contributed by atoms with E-state index in [1.165, 1.54) is 24.3 Å². The van der Waals surface area contributed by atoms with Crippen LogP contribution in [-0.4, -0.2) is 37.5 Å². The number of hydrogen-bond donors (Lipinski definition) is 2. The Balaban J connectivity index is 2.76. The van der Waals surface area contributed by atoms with Gasteiger partial charge < -0.3 is 5.11 Å². The fraction of sp³-hybridized carbons (Fsp3) is 0.417. The Labute approximate surface area is 117 Å². The summed E-state index contributed by atoms with van der Waals surface area (Å²) in [5.41, 5.74) is 0.573. The molecule has 0 saturated carbocycles. The summed E-state index contributed by atoms with van der Waals surface area (Å²) < 4.78 is 26.4. The molecule has 0 aromatic heterocycles. The third-order valence-electron chi connectivity index (χ3n) is 2.55. The van der Waals surface area contributed by atoms with Crippen molar-refractivity contribution in [3.63, 3.8) is 0 Å². The van der Waals surface area contributed by atoms with Gasteiger partial charge in [-0.05, 0) is 24.0 Å². The van der Waals surface area contributed by atoms with Gasteiger partial charge in [-0.15, -0.1) is 0 Å². The first-order valence-corrected chi connectivity index (χ1v) is 8.45. The van der Waals surface area contributed by atoms with Crippen molar-refractivity contribution in [2.45, 2.75) is 23.5 Å². The van der Waals surface area contributed by atoms with Gasteiger partial charge in [0.1, 0.15) is 0 Å². The predicted molar refractivity (Wildman–Crippen MR) is 75.9 cm³/mol. The van der Waals surface area contributed by atoms with Crippen molar-refractivity contribution in [3.8, 4) is 0 Å². The second-order valence-corrected chi connectivity index (χ2v) is 7.16. The highest BCUT2D eigenvalue weighted by molar-refractivity contribution is 7.99. The summed E-state index contributed by atoms with van der Waals surface area (Å²) in [6.45, 7) is 2.30. The van der Waals surface area contributed by atoms with E-state index in [9.17, 15) is 13.2 Å². The molecule has 0 heterocycles. The Bertz CT molecular complexity index is 525. The monoisotopic (exact) mass is 303 g/mol. The minimum absolute atomic E-state index is 0.114. The molecule has 0 saturated heterocycles. The molecule has 5 nitrogen and oxygen atoms in total. The van der Waals surface area contributed by atoms with E-state index >= 15 is 0 Å². The molecule has 1 aromatic carbocycles. The highest BCUT2D eigenvalue weighted by Gasteiger charge is 2.14. The average Bonchev–Trinajstić information content (AvgIpc) is 2.36. The largest absolute Gasteiger partial charge is 0.481 e. The number of nitrogens with one attached hydrogen (secondary N) is 1. The highest BCUT2D eigenvalue weighted by Crippen LogP contribution is 2.12. The Morgan fingerprint density at radius 2 is 1.95 bits per heavy atom. The van der Waals surface area contributed by atoms with E-state index in [4.69, 9.17) is 5.11 Å². The lowest BCUT2D eigenvalue weighted by atomic mass is 10.2. The third kappa shape index (κ3) is 5.22. The SMILES string of the molecule is CSC(C)CNS(=O)(=O)c1ccc(CC(=O)O)cc1. The standard InChI is InChI=1S/C12H17NO4S2/c1-9(18-2)8-13-19(16,17)11-5-3-10(4-6-11)7-12(14)15/h3-6,9,13H,7-8H2,1-2H3,(H,14,15). The Morgan fingerprint density at radius 1 is 1.37 bits per heavy atom. The Kier molecular flexibility index (Phi) is 5.84. The first-order chi connectivity index (χ1) is 8.85. The van der Waals surface area contributed by atoms with Crippen molar-refractivity contribution in [1.29, 1.82) is 0 Å². The van der Waals surface area contributed by atoms with Gasteiger partial charge in [0, 0.05) is 11.8 Å². The van der Waals surface area contributed by atoms with Gasteiger partial charge in [-0.1, -0.05) is 19.1 Å². The Morgan fingerprint density at radius 3 is 2.42 bits per heavy atom. The lowest BCUT2D eigenvalue weighted by Gasteiger charge is -2.10. The van der Waals surface area contributed by atoms with Crippen LogP contribution in [0.25, 0.3) is 0 Å². The van der Waals surface area contributed by atoms with Gasteiger partial charge in [0.2, 0.25) is 10.0 Å². The van der Waals surface area contributed by atoms with E-state index in [2.05, 4.69) is 4.72 Å². The van der Waals surface area contributed by atoms with E-state index in [1.807, 2.05) is 13.2 Å². The molecule has 1 rings (SSSR count). The number of aliphatic carboxylic acids is 1. The summed E-state index contributed by atoms with van der Waals surface area (Å²) in [5, 5.41) is 8.83. The van der Waals surface area contributed by atoms with Crippen molar-refractivity contribution in [2.75, 3.05) is 12.8 Å². The van der Waals surface area contributed by atoms with E-state index in [0.29, 0.717) is 12.1 Å². The van der Waals surface area contributed by atoms with Gasteiger partial charge in [-0.2, -0.15) is 11.8 Å². The van der Waals surface area contributed by atoms with E-state index in [1.54, 1.807) is 11.8 Å². The van der Waals surface area contributed by atoms with E-state index in [0.717, 1.165) is 0 Å². The summed E-state index contributed by atoms with van der Waals surface area (Å²) >= 11 is 1.58. The second kappa shape index (κ2) is 6.93. The van der Waals surface area contributed by atoms with E-state index < -0.39 is 16.0 Å². The number of rotatable bonds is 7. The maximum Gasteiger partial charge on any atom is 0.307 e. The van der Waals surface area contributed by atoms with E-state index in [-0.39, 0.29) is 16.6 Å². The van der Waals surface area contributed by atoms with Crippen molar-refractivity contribution in [2.24, 2.45) is 0 Å². The number of carboxylic acids is 1. The minimum atomic E-state index is -3.52. The summed E-state index contributed by atoms with van der Waals surface area (Å²) in [5.74, 6) is -0.942. The number of benzene rings is 1. The molecular formula is C12H17NO4S2. The zero-order chi connectivity index (χ0) is 14.5. The number of hydrogen-bond acceptors (Lipinski definition) is 4. The smallest absolute Gasteiger partial charge is 0.307 e. The predicted octanol–water partition coefficient (Wildman–Crippen LogP) is 1.34. The van der Waals surface area contributed by atoms with Crippen LogP contribution in [0.5, 0.6) is 0 Å². The minimum Gasteiger partial charge on any atom is -0.481 e. The molecule has 2 N–H and O–H groups in total. The van der Waals surface area contributed by atoms with Crippen LogP contribution in [0.4, 0.5) is 0 Å². The van der Waals surface area contributed by atoms with Crippen LogP contribution in [0.3, 0.4) is 0 Å². The molecule has 0 bridgehead atoms. The third-order valence-corrected chi connectivity index (χ3v) is 4.96. The van der Waals surface area contributed by atoms with Gasteiger partial charge in [0.25, 0.3) is 0 Å². The van der Waals surface area contributed by atoms with Crippen molar-refractivity contribution < 1.29 is 18.3 Å². The zero-order valence-corrected chi connectivity index (χ0v) is 12.4. The lowest BCUT2D eigenvalue weighted by Crippen LogP contribution is -2.29. The summed E-state index contributed by atoms with van der Waals surface area (Å²) in [6.07, 6.45) is 1.80. The fourth-order valence-corrected chi connectivity index (χ4v) is 2.84. The second-order valence-electron chi connectivity index (χ2n) is 4.11. The quantitative estimate of drug-likeness (QED) is 0.794. The molecule has 0 radical (unpaired) electrons. The number of sulfonamides is 1. The molecule has 1 unspecified atom stereocenters. The molecule has 7 heteroatoms. The van der Waals surface area contributed by atoms with Crippen LogP contribution in [0.2, 0.25) is 0 Å². The zero-order valence-electron chi connectivity index (χ0n) is 10.8. The molecule has 0 aliphatic heterocycles. The number of carbonyl (C=O) groups is 1. The molecule has 0 amide bonds. The summed E-state index contributed by atoms with van der Waals surface area (Å²) in [4.78, 5) is 10.7. The molecular weight excluding hydrogens is 286 g/mol. The van der Waals surface area contributed by atoms with Crippen molar-refractivity contribution >= 4 is 27.8 Å². The molecule has 19 heavy (non-hydrogen) atoms. The summed E-state index contributed by atoms with van der Waals surface area (Å²) in [7, 11) is -3.52. The van der Waals surface area contributed by atoms with Gasteiger partial charge in [-0.3, -0.25) is 4.79 Å². The number of thioether (sulfide) groups is 1. The first kappa shape index (κ1) is 16.0. The van der Waals surface area contributed by atoms with Gasteiger partial charge >= 0.3 is 5.97 Å². The number of carboxylic acid groups (broad SMARTS) is 1. The topological polar surface area (TPSA) is 83.5 Å². The Hall–Kier alpha value is -1.05. The highest BCUT2D eigenvalue weighted by atomic mass is 32.2. The van der Waals surface area contributed by atoms with Crippen molar-refractivity contribution in [3.05, 3.63) is 29.8 Å². The maximum atomic E-state index is 11.9. The summed E-state index contributed by atoms with van der Waals surface area (Å²) in [6, 6.07) is 5.87. The van der Waals surface area contributed by atoms with Crippen LogP contribution in [-0.2, 0) is 21.2 Å². The van der Waals surface area contributed by atoms with Crippen LogP contribution in [0.15, 0.2) is 29.2 Å². The van der Waals surface area contributed by atoms with Crippen molar-refractivity contribution in [1.82, 2.24) is 4.72 Å². The average molecular weight is 303 g/mol. The molecule has 1 atom stereocenters. The lowest BCUT2D eigenvalue weighted by molar-refractivity contribution is -0.136. The fourth-order valence-electron chi connectivity index (χ4n) is 1.35.